The molecule has 0 radical (unpaired) electrons. The molecule has 0 atom stereocenters. The van der Waals surface area contributed by atoms with Gasteiger partial charge in [0.1, 0.15) is 18.0 Å². The van der Waals surface area contributed by atoms with E-state index in [9.17, 15) is 19.2 Å². The Balaban J connectivity index is 2.12. The molecular weight excluding hydrogens is 504 g/mol. The van der Waals surface area contributed by atoms with Crippen LogP contribution >= 0.6 is 0 Å². The number of hydrogen-bond acceptors (Lipinski definition) is 12. The van der Waals surface area contributed by atoms with Crippen molar-refractivity contribution in [2.75, 3.05) is 53.4 Å². The number of carbonyl (C=O) groups is 4. The van der Waals surface area contributed by atoms with Gasteiger partial charge in [-0.2, -0.15) is 10.2 Å². The Morgan fingerprint density at radius 1 is 0.658 bits per heavy atom. The van der Waals surface area contributed by atoms with Gasteiger partial charge in [0.15, 0.2) is 11.4 Å². The van der Waals surface area contributed by atoms with Crippen molar-refractivity contribution in [1.82, 2.24) is 19.6 Å². The summed E-state index contributed by atoms with van der Waals surface area (Å²) in [5.41, 5.74) is 0.0460. The second kappa shape index (κ2) is 16.1. The minimum atomic E-state index is -0.722. The third kappa shape index (κ3) is 8.95. The van der Waals surface area contributed by atoms with E-state index in [1.165, 1.54) is 21.5 Å². The minimum absolute atomic E-state index is 0.00286. The van der Waals surface area contributed by atoms with Crippen LogP contribution in [0.1, 0.15) is 69.1 Å². The predicted octanol–water partition coefficient (Wildman–Crippen LogP) is 1.52. The molecule has 0 aliphatic heterocycles. The van der Waals surface area contributed by atoms with E-state index in [1.807, 2.05) is 0 Å². The van der Waals surface area contributed by atoms with Crippen LogP contribution in [0, 0.1) is 0 Å². The van der Waals surface area contributed by atoms with E-state index in [0.29, 0.717) is 19.6 Å². The zero-order chi connectivity index (χ0) is 27.9. The molecule has 2 aromatic rings. The van der Waals surface area contributed by atoms with Crippen LogP contribution in [0.2, 0.25) is 0 Å². The molecule has 0 aromatic carbocycles. The quantitative estimate of drug-likeness (QED) is 0.163. The lowest BCUT2D eigenvalue weighted by Gasteiger charge is -2.09. The van der Waals surface area contributed by atoms with Crippen LogP contribution < -0.4 is 0 Å². The molecule has 0 saturated heterocycles. The van der Waals surface area contributed by atoms with Gasteiger partial charge in [0.25, 0.3) is 0 Å². The molecule has 2 aromatic heterocycles. The summed E-state index contributed by atoms with van der Waals surface area (Å²) in [6, 6.07) is 2.60. The number of rotatable bonds is 17. The number of carbonyl (C=O) groups excluding carboxylic acids is 4. The van der Waals surface area contributed by atoms with Gasteiger partial charge in [-0.3, -0.25) is 9.36 Å². The Labute approximate surface area is 220 Å². The average molecular weight is 539 g/mol. The standard InChI is InChI=1S/C24H34N4O10/c1-5-35-21(29)17-15-19(23(31)36-6-2)27(25-17)9-8-10-28-20(24(32)37-7-3)16-18(26-28)22(30)38-14-13-34-12-11-33-4/h15-16H,5-14H2,1-4H3. The lowest BCUT2D eigenvalue weighted by molar-refractivity contribution is 0.0208. The SMILES string of the molecule is CCOC(=O)c1cc(C(=O)OCC)n(CCCn2nc(C(=O)OCCOCCOC)cc2C(=O)OCC)n1. The summed E-state index contributed by atoms with van der Waals surface area (Å²) in [4.78, 5) is 49.4. The zero-order valence-corrected chi connectivity index (χ0v) is 22.1. The first-order chi connectivity index (χ1) is 18.4. The average Bonchev–Trinajstić information content (AvgIpc) is 3.52. The fourth-order valence-electron chi connectivity index (χ4n) is 3.20. The number of esters is 4. The highest BCUT2D eigenvalue weighted by Crippen LogP contribution is 2.12. The van der Waals surface area contributed by atoms with Crippen LogP contribution in [-0.2, 0) is 41.5 Å². The van der Waals surface area contributed by atoms with Gasteiger partial charge in [-0.1, -0.05) is 0 Å². The van der Waals surface area contributed by atoms with Crippen molar-refractivity contribution in [2.45, 2.75) is 40.3 Å². The molecule has 14 nitrogen and oxygen atoms in total. The van der Waals surface area contributed by atoms with Crippen molar-refractivity contribution in [1.29, 1.82) is 0 Å². The van der Waals surface area contributed by atoms with E-state index in [1.54, 1.807) is 27.9 Å². The van der Waals surface area contributed by atoms with Crippen molar-refractivity contribution in [3.05, 3.63) is 34.9 Å². The second-order valence-electron chi connectivity index (χ2n) is 7.53. The topological polar surface area (TPSA) is 159 Å². The number of hydrogen-bond donors (Lipinski definition) is 0. The summed E-state index contributed by atoms with van der Waals surface area (Å²) in [6.45, 7) is 6.73. The summed E-state index contributed by atoms with van der Waals surface area (Å²) in [7, 11) is 1.55. The first-order valence-corrected chi connectivity index (χ1v) is 12.3. The molecule has 210 valence electrons. The molecule has 2 heterocycles. The van der Waals surface area contributed by atoms with Gasteiger partial charge in [-0.25, -0.2) is 19.2 Å². The first kappa shape index (κ1) is 30.4. The maximum absolute atomic E-state index is 12.5. The Hall–Kier alpha value is -3.78. The van der Waals surface area contributed by atoms with Crippen molar-refractivity contribution >= 4 is 23.9 Å². The number of aromatic nitrogens is 4. The van der Waals surface area contributed by atoms with E-state index in [-0.39, 0.29) is 68.9 Å². The number of ether oxygens (including phenoxy) is 6. The summed E-state index contributed by atoms with van der Waals surface area (Å²) >= 11 is 0. The van der Waals surface area contributed by atoms with Crippen molar-refractivity contribution < 1.29 is 47.6 Å². The molecule has 0 N–H and O–H groups in total. The Kier molecular flexibility index (Phi) is 12.9. The molecule has 0 spiro atoms. The highest BCUT2D eigenvalue weighted by Gasteiger charge is 2.23. The molecule has 14 heteroatoms. The Bertz CT molecular complexity index is 1080. The second-order valence-corrected chi connectivity index (χ2v) is 7.53. The van der Waals surface area contributed by atoms with E-state index in [0.717, 1.165) is 0 Å². The lowest BCUT2D eigenvalue weighted by Crippen LogP contribution is -2.17. The van der Waals surface area contributed by atoms with Gasteiger partial charge in [-0.05, 0) is 27.2 Å². The number of nitrogens with zero attached hydrogens (tertiary/aromatic N) is 4. The largest absolute Gasteiger partial charge is 0.461 e. The zero-order valence-electron chi connectivity index (χ0n) is 22.1. The lowest BCUT2D eigenvalue weighted by atomic mass is 10.3. The van der Waals surface area contributed by atoms with E-state index < -0.39 is 23.9 Å². The molecule has 0 aliphatic rings. The van der Waals surface area contributed by atoms with Crippen molar-refractivity contribution in [3.8, 4) is 0 Å². The van der Waals surface area contributed by atoms with Gasteiger partial charge in [0, 0.05) is 32.3 Å². The fraction of sp³-hybridized carbons (Fsp3) is 0.583. The molecule has 0 amide bonds. The molecular formula is C24H34N4O10. The molecule has 0 fully saturated rings. The predicted molar refractivity (Wildman–Crippen MR) is 130 cm³/mol. The normalized spacial score (nSPS) is 10.7. The maximum Gasteiger partial charge on any atom is 0.358 e. The van der Waals surface area contributed by atoms with E-state index in [2.05, 4.69) is 10.2 Å². The molecule has 0 aliphatic carbocycles. The van der Waals surface area contributed by atoms with Crippen LogP contribution in [-0.4, -0.2) is 96.8 Å². The number of methoxy groups -OCH3 is 1. The highest BCUT2D eigenvalue weighted by atomic mass is 16.6. The van der Waals surface area contributed by atoms with Crippen molar-refractivity contribution in [3.63, 3.8) is 0 Å². The highest BCUT2D eigenvalue weighted by molar-refractivity contribution is 5.94. The third-order valence-corrected chi connectivity index (χ3v) is 4.86. The van der Waals surface area contributed by atoms with Gasteiger partial charge >= 0.3 is 23.9 Å². The van der Waals surface area contributed by atoms with Crippen LogP contribution in [0.4, 0.5) is 0 Å². The van der Waals surface area contributed by atoms with Crippen LogP contribution in [0.5, 0.6) is 0 Å². The van der Waals surface area contributed by atoms with Crippen molar-refractivity contribution in [2.24, 2.45) is 0 Å². The minimum Gasteiger partial charge on any atom is -0.461 e. The van der Waals surface area contributed by atoms with Crippen LogP contribution in [0.25, 0.3) is 0 Å². The van der Waals surface area contributed by atoms with Gasteiger partial charge < -0.3 is 28.4 Å². The number of aryl methyl sites for hydroxylation is 2. The smallest absolute Gasteiger partial charge is 0.358 e. The molecule has 0 saturated carbocycles. The van der Waals surface area contributed by atoms with Crippen LogP contribution in [0.3, 0.4) is 0 Å². The Morgan fingerprint density at radius 3 is 1.58 bits per heavy atom. The maximum atomic E-state index is 12.5. The van der Waals surface area contributed by atoms with Crippen LogP contribution in [0.15, 0.2) is 12.1 Å². The summed E-state index contributed by atoms with van der Waals surface area (Å²) in [5, 5.41) is 8.37. The van der Waals surface area contributed by atoms with E-state index in [4.69, 9.17) is 28.4 Å². The summed E-state index contributed by atoms with van der Waals surface area (Å²) in [5.74, 6) is -2.68. The Morgan fingerprint density at radius 2 is 1.11 bits per heavy atom. The third-order valence-electron chi connectivity index (χ3n) is 4.86. The molecule has 0 unspecified atom stereocenters. The summed E-state index contributed by atoms with van der Waals surface area (Å²) in [6.07, 6.45) is 0.326. The molecule has 0 bridgehead atoms. The van der Waals surface area contributed by atoms with Gasteiger partial charge in [-0.15, -0.1) is 0 Å². The van der Waals surface area contributed by atoms with Gasteiger partial charge in [0.05, 0.1) is 39.6 Å². The fourth-order valence-corrected chi connectivity index (χ4v) is 3.20. The molecule has 2 rings (SSSR count). The molecule has 38 heavy (non-hydrogen) atoms. The monoisotopic (exact) mass is 538 g/mol. The summed E-state index contributed by atoms with van der Waals surface area (Å²) < 4.78 is 33.0. The van der Waals surface area contributed by atoms with Gasteiger partial charge in [0.2, 0.25) is 0 Å². The van der Waals surface area contributed by atoms with E-state index >= 15 is 0 Å². The first-order valence-electron chi connectivity index (χ1n) is 12.3.